The van der Waals surface area contributed by atoms with Crippen molar-refractivity contribution in [1.29, 1.82) is 0 Å². The van der Waals surface area contributed by atoms with Crippen molar-refractivity contribution in [2.45, 2.75) is 45.7 Å². The van der Waals surface area contributed by atoms with E-state index in [1.807, 2.05) is 42.0 Å². The predicted octanol–water partition coefficient (Wildman–Crippen LogP) is 4.97. The van der Waals surface area contributed by atoms with Gasteiger partial charge in [-0.1, -0.05) is 49.7 Å². The normalized spacial score (nSPS) is 16.8. The molecule has 1 amide bonds. The average Bonchev–Trinajstić information content (AvgIpc) is 3.52. The number of aliphatic hydroxyl groups is 1. The zero-order chi connectivity index (χ0) is 26.2. The van der Waals surface area contributed by atoms with Gasteiger partial charge in [0, 0.05) is 31.0 Å². The number of benzene rings is 2. The molecule has 0 spiro atoms. The van der Waals surface area contributed by atoms with Crippen molar-refractivity contribution in [3.05, 3.63) is 84.0 Å². The summed E-state index contributed by atoms with van der Waals surface area (Å²) in [6, 6.07) is 13.5. The van der Waals surface area contributed by atoms with E-state index in [0.717, 1.165) is 12.8 Å². The van der Waals surface area contributed by atoms with E-state index in [1.165, 1.54) is 4.90 Å². The molecule has 2 aromatic carbocycles. The standard InChI is InChI=1S/C29H33N3O5/c1-3-5-18-37-23-13-12-22(19-24(23)36-4-2)26-25(27(33)21-10-7-6-8-11-21)28(34)29(35)32(26)16-9-15-31-17-14-30-20-31/h6-8,10-14,17,19-20,26,33H,3-5,9,15-16,18H2,1-2H3. The second-order valence-corrected chi connectivity index (χ2v) is 8.85. The number of aryl methyl sites for hydroxylation is 1. The van der Waals surface area contributed by atoms with Crippen molar-refractivity contribution in [2.75, 3.05) is 19.8 Å². The molecule has 2 heterocycles. The Morgan fingerprint density at radius 1 is 1.00 bits per heavy atom. The second kappa shape index (κ2) is 12.3. The van der Waals surface area contributed by atoms with Crippen molar-refractivity contribution in [2.24, 2.45) is 0 Å². The van der Waals surface area contributed by atoms with E-state index in [9.17, 15) is 14.7 Å². The fourth-order valence-corrected chi connectivity index (χ4v) is 4.46. The van der Waals surface area contributed by atoms with Gasteiger partial charge in [0.05, 0.1) is 31.2 Å². The van der Waals surface area contributed by atoms with Gasteiger partial charge in [-0.25, -0.2) is 4.98 Å². The van der Waals surface area contributed by atoms with Crippen LogP contribution in [0.4, 0.5) is 0 Å². The smallest absolute Gasteiger partial charge is 0.295 e. The first-order valence-corrected chi connectivity index (χ1v) is 12.7. The van der Waals surface area contributed by atoms with Gasteiger partial charge in [-0.3, -0.25) is 9.59 Å². The van der Waals surface area contributed by atoms with E-state index < -0.39 is 17.7 Å². The van der Waals surface area contributed by atoms with Crippen LogP contribution < -0.4 is 9.47 Å². The molecule has 1 unspecified atom stereocenters. The number of carbonyl (C=O) groups is 2. The van der Waals surface area contributed by atoms with Crippen LogP contribution in [0.5, 0.6) is 11.5 Å². The number of nitrogens with zero attached hydrogens (tertiary/aromatic N) is 3. The van der Waals surface area contributed by atoms with Gasteiger partial charge in [0.1, 0.15) is 5.76 Å². The lowest BCUT2D eigenvalue weighted by atomic mass is 9.95. The third kappa shape index (κ3) is 5.85. The van der Waals surface area contributed by atoms with Crippen LogP contribution in [0, 0.1) is 0 Å². The van der Waals surface area contributed by atoms with Gasteiger partial charge in [0.15, 0.2) is 11.5 Å². The molecule has 8 nitrogen and oxygen atoms in total. The average molecular weight is 504 g/mol. The fraction of sp³-hybridized carbons (Fsp3) is 0.345. The van der Waals surface area contributed by atoms with E-state index in [-0.39, 0.29) is 11.3 Å². The molecule has 1 fully saturated rings. The molecule has 8 heteroatoms. The van der Waals surface area contributed by atoms with Crippen LogP contribution in [-0.2, 0) is 16.1 Å². The Labute approximate surface area is 217 Å². The number of ketones is 1. The summed E-state index contributed by atoms with van der Waals surface area (Å²) in [5.41, 5.74) is 1.22. The van der Waals surface area contributed by atoms with Crippen LogP contribution in [0.1, 0.15) is 50.3 Å². The number of likely N-dealkylation sites (tertiary alicyclic amines) is 1. The largest absolute Gasteiger partial charge is 0.507 e. The molecule has 4 rings (SSSR count). The fourth-order valence-electron chi connectivity index (χ4n) is 4.46. The van der Waals surface area contributed by atoms with Crippen LogP contribution in [-0.4, -0.2) is 51.0 Å². The minimum Gasteiger partial charge on any atom is -0.507 e. The first kappa shape index (κ1) is 26.0. The second-order valence-electron chi connectivity index (χ2n) is 8.85. The number of aromatic nitrogens is 2. The number of carbonyl (C=O) groups excluding carboxylic acids is 2. The molecule has 1 saturated heterocycles. The Balaban J connectivity index is 1.73. The number of aliphatic hydroxyl groups excluding tert-OH is 1. The van der Waals surface area contributed by atoms with Crippen LogP contribution >= 0.6 is 0 Å². The zero-order valence-electron chi connectivity index (χ0n) is 21.3. The Morgan fingerprint density at radius 2 is 1.81 bits per heavy atom. The molecule has 1 aromatic heterocycles. The summed E-state index contributed by atoms with van der Waals surface area (Å²) in [6.07, 6.45) is 7.81. The summed E-state index contributed by atoms with van der Waals surface area (Å²) in [5, 5.41) is 11.2. The molecular weight excluding hydrogens is 470 g/mol. The first-order chi connectivity index (χ1) is 18.0. The third-order valence-electron chi connectivity index (χ3n) is 6.30. The quantitative estimate of drug-likeness (QED) is 0.162. The maximum atomic E-state index is 13.3. The predicted molar refractivity (Wildman–Crippen MR) is 140 cm³/mol. The summed E-state index contributed by atoms with van der Waals surface area (Å²) in [7, 11) is 0. The highest BCUT2D eigenvalue weighted by atomic mass is 16.5. The van der Waals surface area contributed by atoms with Crippen LogP contribution in [0.2, 0.25) is 0 Å². The van der Waals surface area contributed by atoms with Crippen molar-refractivity contribution < 1.29 is 24.2 Å². The monoisotopic (exact) mass is 503 g/mol. The highest BCUT2D eigenvalue weighted by molar-refractivity contribution is 6.46. The van der Waals surface area contributed by atoms with E-state index in [2.05, 4.69) is 11.9 Å². The zero-order valence-corrected chi connectivity index (χ0v) is 21.3. The number of imidazole rings is 1. The maximum absolute atomic E-state index is 13.3. The summed E-state index contributed by atoms with van der Waals surface area (Å²) in [4.78, 5) is 32.1. The molecule has 3 aromatic rings. The SMILES string of the molecule is CCCCOc1ccc(C2C(=C(O)c3ccccc3)C(=O)C(=O)N2CCCn2ccnc2)cc1OCC. The lowest BCUT2D eigenvalue weighted by molar-refractivity contribution is -0.139. The van der Waals surface area contributed by atoms with Crippen molar-refractivity contribution >= 4 is 17.4 Å². The van der Waals surface area contributed by atoms with Crippen molar-refractivity contribution in [1.82, 2.24) is 14.5 Å². The molecule has 194 valence electrons. The number of unbranched alkanes of at least 4 members (excludes halogenated alkanes) is 1. The van der Waals surface area contributed by atoms with Gasteiger partial charge in [-0.2, -0.15) is 0 Å². The molecule has 37 heavy (non-hydrogen) atoms. The van der Waals surface area contributed by atoms with Crippen LogP contribution in [0.15, 0.2) is 72.8 Å². The van der Waals surface area contributed by atoms with E-state index in [0.29, 0.717) is 55.4 Å². The summed E-state index contributed by atoms with van der Waals surface area (Å²) >= 11 is 0. The summed E-state index contributed by atoms with van der Waals surface area (Å²) in [5.74, 6) is -0.370. The molecule has 0 aliphatic carbocycles. The molecular formula is C29H33N3O5. The molecule has 0 saturated carbocycles. The van der Waals surface area contributed by atoms with Gasteiger partial charge in [0.25, 0.3) is 11.7 Å². The highest BCUT2D eigenvalue weighted by Gasteiger charge is 2.46. The van der Waals surface area contributed by atoms with Gasteiger partial charge >= 0.3 is 0 Å². The highest BCUT2D eigenvalue weighted by Crippen LogP contribution is 2.42. The van der Waals surface area contributed by atoms with Gasteiger partial charge in [-0.05, 0) is 37.5 Å². The number of ether oxygens (including phenoxy) is 2. The molecule has 1 atom stereocenters. The summed E-state index contributed by atoms with van der Waals surface area (Å²) in [6.45, 7) is 5.96. The molecule has 0 radical (unpaired) electrons. The van der Waals surface area contributed by atoms with Gasteiger partial charge in [0.2, 0.25) is 0 Å². The minimum atomic E-state index is -0.758. The molecule has 0 bridgehead atoms. The summed E-state index contributed by atoms with van der Waals surface area (Å²) < 4.78 is 13.7. The van der Waals surface area contributed by atoms with E-state index in [1.54, 1.807) is 36.8 Å². The Morgan fingerprint density at radius 3 is 2.51 bits per heavy atom. The van der Waals surface area contributed by atoms with Gasteiger partial charge in [-0.15, -0.1) is 0 Å². The topological polar surface area (TPSA) is 93.9 Å². The van der Waals surface area contributed by atoms with Gasteiger partial charge < -0.3 is 24.0 Å². The van der Waals surface area contributed by atoms with E-state index in [4.69, 9.17) is 9.47 Å². The number of hydrogen-bond donors (Lipinski definition) is 1. The number of Topliss-reactive ketones (excluding diaryl/α,β-unsaturated/α-hetero) is 1. The number of hydrogen-bond acceptors (Lipinski definition) is 6. The third-order valence-corrected chi connectivity index (χ3v) is 6.30. The Bertz CT molecular complexity index is 1240. The number of rotatable bonds is 12. The lowest BCUT2D eigenvalue weighted by Crippen LogP contribution is -2.31. The lowest BCUT2D eigenvalue weighted by Gasteiger charge is -2.26. The molecule has 1 aliphatic rings. The molecule has 1 aliphatic heterocycles. The Kier molecular flexibility index (Phi) is 8.61. The first-order valence-electron chi connectivity index (χ1n) is 12.7. The minimum absolute atomic E-state index is 0.0703. The van der Waals surface area contributed by atoms with Crippen LogP contribution in [0.3, 0.4) is 0 Å². The molecule has 1 N–H and O–H groups in total. The maximum Gasteiger partial charge on any atom is 0.295 e. The van der Waals surface area contributed by atoms with Crippen molar-refractivity contribution in [3.8, 4) is 11.5 Å². The van der Waals surface area contributed by atoms with Crippen LogP contribution in [0.25, 0.3) is 5.76 Å². The Hall–Kier alpha value is -4.07. The van der Waals surface area contributed by atoms with E-state index >= 15 is 0 Å². The van der Waals surface area contributed by atoms with Crippen molar-refractivity contribution in [3.63, 3.8) is 0 Å². The number of amides is 1.